The first-order chi connectivity index (χ1) is 16.5. The third-order valence-corrected chi connectivity index (χ3v) is 5.65. The molecule has 174 valence electrons. The Bertz CT molecular complexity index is 1270. The van der Waals surface area contributed by atoms with Crippen LogP contribution in [0.25, 0.3) is 22.3 Å². The first-order valence-electron chi connectivity index (χ1n) is 11.2. The monoisotopic (exact) mass is 462 g/mol. The number of rotatable bonds is 8. The highest BCUT2D eigenvalue weighted by molar-refractivity contribution is 5.72. The second-order valence-corrected chi connectivity index (χ2v) is 7.84. The number of halogens is 3. The zero-order valence-corrected chi connectivity index (χ0v) is 19.1. The van der Waals surface area contributed by atoms with E-state index < -0.39 is 17.5 Å². The fourth-order valence-corrected chi connectivity index (χ4v) is 3.71. The van der Waals surface area contributed by atoms with Crippen LogP contribution in [0.4, 0.5) is 13.2 Å². The van der Waals surface area contributed by atoms with E-state index in [4.69, 9.17) is 9.47 Å². The number of benzene rings is 4. The standard InChI is InChI=1S/C29H25F3O2/c1-3-19-5-7-20(8-6-19)25-15-16-26(29(32)28(25)31)21-9-12-23(13-10-21)34-18-22-11-14-24(33-4-2)17-27(22)30/h5-17H,3-4,18H2,1-2H3. The first kappa shape index (κ1) is 23.4. The molecule has 0 aliphatic carbocycles. The summed E-state index contributed by atoms with van der Waals surface area (Å²) in [5, 5.41) is 0. The normalized spacial score (nSPS) is 10.9. The van der Waals surface area contributed by atoms with E-state index in [9.17, 15) is 13.2 Å². The molecule has 4 aromatic carbocycles. The predicted octanol–water partition coefficient (Wildman–Crippen LogP) is 7.98. The van der Waals surface area contributed by atoms with E-state index in [0.29, 0.717) is 34.8 Å². The average Bonchev–Trinajstić information content (AvgIpc) is 2.86. The van der Waals surface area contributed by atoms with Crippen molar-refractivity contribution < 1.29 is 22.6 Å². The van der Waals surface area contributed by atoms with Gasteiger partial charge in [0.15, 0.2) is 11.6 Å². The van der Waals surface area contributed by atoms with E-state index in [2.05, 4.69) is 0 Å². The van der Waals surface area contributed by atoms with E-state index in [1.807, 2.05) is 26.0 Å². The fraction of sp³-hybridized carbons (Fsp3) is 0.172. The first-order valence-corrected chi connectivity index (χ1v) is 11.2. The van der Waals surface area contributed by atoms with Crippen molar-refractivity contribution >= 4 is 0 Å². The molecule has 0 amide bonds. The van der Waals surface area contributed by atoms with E-state index in [-0.39, 0.29) is 17.7 Å². The quantitative estimate of drug-likeness (QED) is 0.264. The van der Waals surface area contributed by atoms with Crippen molar-refractivity contribution in [2.24, 2.45) is 0 Å². The van der Waals surface area contributed by atoms with E-state index in [0.717, 1.165) is 12.0 Å². The lowest BCUT2D eigenvalue weighted by molar-refractivity contribution is 0.298. The van der Waals surface area contributed by atoms with Crippen LogP contribution in [0.2, 0.25) is 0 Å². The Balaban J connectivity index is 1.48. The lowest BCUT2D eigenvalue weighted by Crippen LogP contribution is -2.00. The molecule has 0 saturated carbocycles. The topological polar surface area (TPSA) is 18.5 Å². The molecular weight excluding hydrogens is 437 g/mol. The number of hydrogen-bond acceptors (Lipinski definition) is 2. The van der Waals surface area contributed by atoms with Crippen LogP contribution >= 0.6 is 0 Å². The van der Waals surface area contributed by atoms with Gasteiger partial charge in [-0.15, -0.1) is 0 Å². The molecule has 0 N–H and O–H groups in total. The van der Waals surface area contributed by atoms with Gasteiger partial charge < -0.3 is 9.47 Å². The lowest BCUT2D eigenvalue weighted by Gasteiger charge is -2.11. The molecule has 0 fully saturated rings. The van der Waals surface area contributed by atoms with E-state index in [1.54, 1.807) is 60.7 Å². The smallest absolute Gasteiger partial charge is 0.167 e. The Kier molecular flexibility index (Phi) is 7.21. The summed E-state index contributed by atoms with van der Waals surface area (Å²) in [6, 6.07) is 21.8. The largest absolute Gasteiger partial charge is 0.494 e. The van der Waals surface area contributed by atoms with Gasteiger partial charge in [-0.2, -0.15) is 0 Å². The molecule has 0 heterocycles. The van der Waals surface area contributed by atoms with Crippen molar-refractivity contribution in [1.29, 1.82) is 0 Å². The van der Waals surface area contributed by atoms with Crippen molar-refractivity contribution in [1.82, 2.24) is 0 Å². The van der Waals surface area contributed by atoms with Crippen LogP contribution in [-0.2, 0) is 13.0 Å². The summed E-state index contributed by atoms with van der Waals surface area (Å²) in [5.74, 6) is -1.24. The highest BCUT2D eigenvalue weighted by Crippen LogP contribution is 2.32. The number of ether oxygens (including phenoxy) is 2. The fourth-order valence-electron chi connectivity index (χ4n) is 3.71. The van der Waals surface area contributed by atoms with Gasteiger partial charge in [-0.05, 0) is 54.3 Å². The summed E-state index contributed by atoms with van der Waals surface area (Å²) >= 11 is 0. The minimum absolute atomic E-state index is 0.0338. The molecule has 34 heavy (non-hydrogen) atoms. The Labute approximate surface area is 197 Å². The molecule has 0 spiro atoms. The highest BCUT2D eigenvalue weighted by atomic mass is 19.2. The molecule has 5 heteroatoms. The van der Waals surface area contributed by atoms with Gasteiger partial charge in [0, 0.05) is 22.8 Å². The van der Waals surface area contributed by atoms with Crippen LogP contribution in [-0.4, -0.2) is 6.61 Å². The van der Waals surface area contributed by atoms with Crippen molar-refractivity contribution in [2.45, 2.75) is 26.9 Å². The number of hydrogen-bond donors (Lipinski definition) is 0. The summed E-state index contributed by atoms with van der Waals surface area (Å²) in [6.07, 6.45) is 0.880. The van der Waals surface area contributed by atoms with Crippen LogP contribution in [0.1, 0.15) is 25.0 Å². The molecule has 0 bridgehead atoms. The lowest BCUT2D eigenvalue weighted by atomic mass is 9.98. The van der Waals surface area contributed by atoms with Crippen LogP contribution in [0.15, 0.2) is 78.9 Å². The average molecular weight is 463 g/mol. The van der Waals surface area contributed by atoms with Crippen molar-refractivity contribution in [3.8, 4) is 33.8 Å². The van der Waals surface area contributed by atoms with Gasteiger partial charge in [0.1, 0.15) is 23.9 Å². The summed E-state index contributed by atoms with van der Waals surface area (Å²) < 4.78 is 54.9. The van der Waals surface area contributed by atoms with Gasteiger partial charge in [-0.3, -0.25) is 0 Å². The Morgan fingerprint density at radius 3 is 1.71 bits per heavy atom. The van der Waals surface area contributed by atoms with E-state index in [1.165, 1.54) is 6.07 Å². The zero-order valence-electron chi connectivity index (χ0n) is 19.1. The van der Waals surface area contributed by atoms with Crippen LogP contribution in [0, 0.1) is 17.5 Å². The molecule has 4 aromatic rings. The van der Waals surface area contributed by atoms with Gasteiger partial charge in [0.25, 0.3) is 0 Å². The third-order valence-electron chi connectivity index (χ3n) is 5.65. The SMILES string of the molecule is CCOc1ccc(COc2ccc(-c3ccc(-c4ccc(CC)cc4)c(F)c3F)cc2)c(F)c1. The second kappa shape index (κ2) is 10.5. The molecule has 0 unspecified atom stereocenters. The Morgan fingerprint density at radius 1 is 0.618 bits per heavy atom. The van der Waals surface area contributed by atoms with Crippen LogP contribution in [0.3, 0.4) is 0 Å². The maximum Gasteiger partial charge on any atom is 0.167 e. The summed E-state index contributed by atoms with van der Waals surface area (Å²) in [5.41, 5.74) is 3.06. The van der Waals surface area contributed by atoms with Crippen LogP contribution < -0.4 is 9.47 Å². The molecule has 4 rings (SSSR count). The maximum atomic E-state index is 14.9. The third kappa shape index (κ3) is 5.09. The highest BCUT2D eigenvalue weighted by Gasteiger charge is 2.16. The van der Waals surface area contributed by atoms with Gasteiger partial charge >= 0.3 is 0 Å². The van der Waals surface area contributed by atoms with Gasteiger partial charge in [0.2, 0.25) is 0 Å². The van der Waals surface area contributed by atoms with Gasteiger partial charge in [-0.25, -0.2) is 13.2 Å². The maximum absolute atomic E-state index is 14.9. The molecule has 0 aliphatic heterocycles. The van der Waals surface area contributed by atoms with Crippen LogP contribution in [0.5, 0.6) is 11.5 Å². The zero-order chi connectivity index (χ0) is 24.1. The molecule has 0 aliphatic rings. The molecule has 2 nitrogen and oxygen atoms in total. The second-order valence-electron chi connectivity index (χ2n) is 7.84. The van der Waals surface area contributed by atoms with Gasteiger partial charge in [-0.1, -0.05) is 55.5 Å². The number of aryl methyl sites for hydroxylation is 1. The molecule has 0 radical (unpaired) electrons. The predicted molar refractivity (Wildman–Crippen MR) is 129 cm³/mol. The van der Waals surface area contributed by atoms with Crippen molar-refractivity contribution in [2.75, 3.05) is 6.61 Å². The molecule has 0 atom stereocenters. The minimum atomic E-state index is -0.901. The molecule has 0 saturated heterocycles. The van der Waals surface area contributed by atoms with Crippen molar-refractivity contribution in [3.63, 3.8) is 0 Å². The van der Waals surface area contributed by atoms with Gasteiger partial charge in [0.05, 0.1) is 6.61 Å². The Morgan fingerprint density at radius 2 is 1.18 bits per heavy atom. The summed E-state index contributed by atoms with van der Waals surface area (Å²) in [6.45, 7) is 4.37. The Hall–Kier alpha value is -3.73. The van der Waals surface area contributed by atoms with E-state index >= 15 is 0 Å². The summed E-state index contributed by atoms with van der Waals surface area (Å²) in [4.78, 5) is 0. The van der Waals surface area contributed by atoms with Crippen molar-refractivity contribution in [3.05, 3.63) is 107 Å². The minimum Gasteiger partial charge on any atom is -0.494 e. The molecular formula is C29H25F3O2. The summed E-state index contributed by atoms with van der Waals surface area (Å²) in [7, 11) is 0. The molecule has 0 aromatic heterocycles.